The zero-order chi connectivity index (χ0) is 22.6. The van der Waals surface area contributed by atoms with Crippen molar-refractivity contribution in [2.45, 2.75) is 44.0 Å². The van der Waals surface area contributed by atoms with Gasteiger partial charge in [0.2, 0.25) is 5.91 Å². The second kappa shape index (κ2) is 7.60. The lowest BCUT2D eigenvalue weighted by atomic mass is 10.1. The van der Waals surface area contributed by atoms with Crippen molar-refractivity contribution < 1.29 is 22.7 Å². The Labute approximate surface area is 190 Å². The third-order valence-electron chi connectivity index (χ3n) is 5.99. The van der Waals surface area contributed by atoms with Crippen LogP contribution in [0, 0.1) is 0 Å². The van der Waals surface area contributed by atoms with E-state index in [2.05, 4.69) is 5.32 Å². The van der Waals surface area contributed by atoms with Crippen molar-refractivity contribution in [1.82, 2.24) is 0 Å². The summed E-state index contributed by atoms with van der Waals surface area (Å²) < 4.78 is 33.0. The lowest BCUT2D eigenvalue weighted by Gasteiger charge is -2.25. The number of carbonyl (C=O) groups is 2. The molecule has 2 aromatic carbocycles. The van der Waals surface area contributed by atoms with Crippen molar-refractivity contribution in [3.8, 4) is 0 Å². The van der Waals surface area contributed by atoms with Crippen LogP contribution in [-0.4, -0.2) is 32.9 Å². The van der Waals surface area contributed by atoms with E-state index >= 15 is 0 Å². The number of rotatable bonds is 5. The number of benzene rings is 2. The first-order valence-corrected chi connectivity index (χ1v) is 12.8. The maximum Gasteiger partial charge on any atom is 0.341 e. The van der Waals surface area contributed by atoms with Crippen LogP contribution in [0.5, 0.6) is 0 Å². The van der Waals surface area contributed by atoms with Crippen molar-refractivity contribution in [3.05, 3.63) is 52.4 Å². The van der Waals surface area contributed by atoms with Crippen LogP contribution in [0.25, 0.3) is 10.8 Å². The van der Waals surface area contributed by atoms with Crippen LogP contribution in [0.1, 0.15) is 41.1 Å². The maximum atomic E-state index is 13.3. The first kappa shape index (κ1) is 21.0. The summed E-state index contributed by atoms with van der Waals surface area (Å²) in [6.07, 6.45) is 2.59. The predicted molar refractivity (Wildman–Crippen MR) is 124 cm³/mol. The van der Waals surface area contributed by atoms with E-state index in [0.717, 1.165) is 35.1 Å². The minimum Gasteiger partial charge on any atom is -0.462 e. The number of aryl methyl sites for hydroxylation is 1. The van der Waals surface area contributed by atoms with Gasteiger partial charge < -0.3 is 10.1 Å². The highest BCUT2D eigenvalue weighted by Crippen LogP contribution is 2.44. The molecular weight excluding hydrogens is 448 g/mol. The topological polar surface area (TPSA) is 92.8 Å². The van der Waals surface area contributed by atoms with Crippen molar-refractivity contribution >= 4 is 54.7 Å². The molecule has 1 aliphatic carbocycles. The molecule has 2 aliphatic rings. The monoisotopic (exact) mass is 470 g/mol. The van der Waals surface area contributed by atoms with Crippen LogP contribution < -0.4 is 9.62 Å². The van der Waals surface area contributed by atoms with Crippen molar-refractivity contribution in [2.75, 3.05) is 16.2 Å². The summed E-state index contributed by atoms with van der Waals surface area (Å²) in [6.45, 7) is 3.53. The van der Waals surface area contributed by atoms with Gasteiger partial charge in [0.1, 0.15) is 11.0 Å². The van der Waals surface area contributed by atoms with Gasteiger partial charge in [-0.2, -0.15) is 0 Å². The minimum absolute atomic E-state index is 0.201. The Morgan fingerprint density at radius 2 is 1.94 bits per heavy atom. The van der Waals surface area contributed by atoms with Gasteiger partial charge in [0.05, 0.1) is 22.8 Å². The standard InChI is InChI=1S/C23H22N2O5S2/c1-3-30-23(27)20-15-9-6-11-17(15)31-22(20)24-21(26)13(2)25-16-10-4-7-14-8-5-12-18(19(14)16)32(25,28)29/h4-5,7-8,10,12-13H,3,6,9,11H2,1-2H3,(H,24,26)/t13-/m0/s1. The zero-order valence-electron chi connectivity index (χ0n) is 17.7. The molecule has 1 atom stereocenters. The summed E-state index contributed by atoms with van der Waals surface area (Å²) in [5.74, 6) is -0.954. The smallest absolute Gasteiger partial charge is 0.341 e. The summed E-state index contributed by atoms with van der Waals surface area (Å²) >= 11 is 1.37. The lowest BCUT2D eigenvalue weighted by Crippen LogP contribution is -2.44. The van der Waals surface area contributed by atoms with Gasteiger partial charge in [-0.15, -0.1) is 11.3 Å². The summed E-state index contributed by atoms with van der Waals surface area (Å²) in [4.78, 5) is 27.1. The lowest BCUT2D eigenvalue weighted by molar-refractivity contribution is -0.116. The zero-order valence-corrected chi connectivity index (χ0v) is 19.3. The Morgan fingerprint density at radius 1 is 1.19 bits per heavy atom. The van der Waals surface area contributed by atoms with Gasteiger partial charge in [-0.1, -0.05) is 24.3 Å². The molecule has 1 aliphatic heterocycles. The number of carbonyl (C=O) groups excluding carboxylic acids is 2. The molecule has 7 nitrogen and oxygen atoms in total. The van der Waals surface area contributed by atoms with Crippen LogP contribution in [0.2, 0.25) is 0 Å². The molecule has 9 heteroatoms. The third kappa shape index (κ3) is 3.02. The van der Waals surface area contributed by atoms with E-state index in [4.69, 9.17) is 4.74 Å². The summed E-state index contributed by atoms with van der Waals surface area (Å²) in [6, 6.07) is 9.45. The number of esters is 1. The normalized spacial score (nSPS) is 16.8. The molecule has 0 bridgehead atoms. The number of hydrogen-bond acceptors (Lipinski definition) is 6. The summed E-state index contributed by atoms with van der Waals surface area (Å²) in [5.41, 5.74) is 1.82. The highest BCUT2D eigenvalue weighted by atomic mass is 32.2. The molecule has 2 heterocycles. The SMILES string of the molecule is CCOC(=O)c1c(NC(=O)[C@H](C)N2c3cccc4cccc(c34)S2(=O)=O)sc2c1CCC2. The highest BCUT2D eigenvalue weighted by Gasteiger charge is 2.41. The molecule has 0 fully saturated rings. The predicted octanol–water partition coefficient (Wildman–Crippen LogP) is 4.10. The fraction of sp³-hybridized carbons (Fsp3) is 0.304. The molecule has 0 unspecified atom stereocenters. The largest absolute Gasteiger partial charge is 0.462 e. The fourth-order valence-corrected chi connectivity index (χ4v) is 7.72. The summed E-state index contributed by atoms with van der Waals surface area (Å²) in [5, 5.41) is 4.68. The Kier molecular flexibility index (Phi) is 4.98. The molecule has 1 N–H and O–H groups in total. The number of fused-ring (bicyclic) bond motifs is 1. The van der Waals surface area contributed by atoms with Crippen molar-refractivity contribution in [1.29, 1.82) is 0 Å². The average Bonchev–Trinajstić information content (AvgIpc) is 3.39. The van der Waals surface area contributed by atoms with Crippen LogP contribution in [0.15, 0.2) is 41.3 Å². The number of thiophene rings is 1. The Balaban J connectivity index is 1.50. The molecule has 0 saturated heterocycles. The molecule has 0 radical (unpaired) electrons. The van der Waals surface area contributed by atoms with E-state index in [1.165, 1.54) is 15.6 Å². The third-order valence-corrected chi connectivity index (χ3v) is 9.12. The average molecular weight is 471 g/mol. The van der Waals surface area contributed by atoms with Gasteiger partial charge in [-0.05, 0) is 56.2 Å². The number of anilines is 2. The molecule has 0 saturated carbocycles. The number of hydrogen-bond donors (Lipinski definition) is 1. The minimum atomic E-state index is -3.88. The number of nitrogens with one attached hydrogen (secondary N) is 1. The molecular formula is C23H22N2O5S2. The van der Waals surface area contributed by atoms with E-state index in [1.54, 1.807) is 38.1 Å². The quantitative estimate of drug-likeness (QED) is 0.567. The second-order valence-electron chi connectivity index (χ2n) is 7.88. The number of sulfonamides is 1. The molecule has 166 valence electrons. The number of amides is 1. The van der Waals surface area contributed by atoms with E-state index in [-0.39, 0.29) is 11.5 Å². The molecule has 5 rings (SSSR count). The second-order valence-corrected chi connectivity index (χ2v) is 10.8. The van der Waals surface area contributed by atoms with Gasteiger partial charge in [-0.25, -0.2) is 13.2 Å². The van der Waals surface area contributed by atoms with Gasteiger partial charge in [0.15, 0.2) is 0 Å². The van der Waals surface area contributed by atoms with Crippen LogP contribution in [0.4, 0.5) is 10.7 Å². The molecule has 32 heavy (non-hydrogen) atoms. The highest BCUT2D eigenvalue weighted by molar-refractivity contribution is 7.93. The fourth-order valence-electron chi connectivity index (χ4n) is 4.57. The van der Waals surface area contributed by atoms with Gasteiger partial charge in [0, 0.05) is 10.3 Å². The number of nitrogens with zero attached hydrogens (tertiary/aromatic N) is 1. The summed E-state index contributed by atoms with van der Waals surface area (Å²) in [7, 11) is -3.88. The van der Waals surface area contributed by atoms with E-state index in [1.807, 2.05) is 12.1 Å². The Hall–Kier alpha value is -2.91. The van der Waals surface area contributed by atoms with Crippen LogP contribution in [-0.2, 0) is 32.4 Å². The van der Waals surface area contributed by atoms with Crippen LogP contribution in [0.3, 0.4) is 0 Å². The van der Waals surface area contributed by atoms with Gasteiger partial charge >= 0.3 is 5.97 Å². The Bertz CT molecular complexity index is 1370. The van der Waals surface area contributed by atoms with Crippen molar-refractivity contribution in [3.63, 3.8) is 0 Å². The molecule has 3 aromatic rings. The molecule has 1 aromatic heterocycles. The van der Waals surface area contributed by atoms with Gasteiger partial charge in [-0.3, -0.25) is 9.10 Å². The van der Waals surface area contributed by atoms with Crippen LogP contribution >= 0.6 is 11.3 Å². The molecule has 1 amide bonds. The Morgan fingerprint density at radius 3 is 2.69 bits per heavy atom. The number of ether oxygens (including phenoxy) is 1. The van der Waals surface area contributed by atoms with E-state index in [9.17, 15) is 18.0 Å². The maximum absolute atomic E-state index is 13.3. The van der Waals surface area contributed by atoms with E-state index < -0.39 is 27.9 Å². The first-order valence-electron chi connectivity index (χ1n) is 10.5. The van der Waals surface area contributed by atoms with E-state index in [0.29, 0.717) is 21.6 Å². The molecule has 0 spiro atoms. The van der Waals surface area contributed by atoms with Crippen molar-refractivity contribution in [2.24, 2.45) is 0 Å². The van der Waals surface area contributed by atoms with Gasteiger partial charge in [0.25, 0.3) is 10.0 Å². The first-order chi connectivity index (χ1) is 15.3.